The third-order valence-corrected chi connectivity index (χ3v) is 6.65. The Morgan fingerprint density at radius 3 is 2.43 bits per heavy atom. The molecule has 3 amide bonds. The van der Waals surface area contributed by atoms with Crippen molar-refractivity contribution in [2.24, 2.45) is 0 Å². The largest absolute Gasteiger partial charge is 0.444 e. The number of thioether (sulfide) groups is 1. The number of alkyl carbamates (subject to hydrolysis) is 1. The molecule has 2 aromatic rings. The van der Waals surface area contributed by atoms with Crippen LogP contribution in [0.25, 0.3) is 0 Å². The summed E-state index contributed by atoms with van der Waals surface area (Å²) in [6.45, 7) is 5.58. The Labute approximate surface area is 218 Å². The minimum absolute atomic E-state index is 0.208. The normalized spacial score (nSPS) is 16.3. The highest BCUT2D eigenvalue weighted by molar-refractivity contribution is 8.00. The number of carbonyl (C=O) groups is 3. The van der Waals surface area contributed by atoms with Crippen LogP contribution in [0.4, 0.5) is 18.0 Å². The van der Waals surface area contributed by atoms with E-state index >= 15 is 0 Å². The van der Waals surface area contributed by atoms with Gasteiger partial charge in [0, 0.05) is 37.4 Å². The van der Waals surface area contributed by atoms with Crippen LogP contribution in [-0.2, 0) is 27.3 Å². The number of nitrogens with one attached hydrogen (secondary N) is 2. The van der Waals surface area contributed by atoms with E-state index in [-0.39, 0.29) is 24.3 Å². The zero-order valence-corrected chi connectivity index (χ0v) is 21.7. The molecule has 0 radical (unpaired) electrons. The van der Waals surface area contributed by atoms with Gasteiger partial charge in [0.25, 0.3) is 5.91 Å². The first kappa shape index (κ1) is 28.4. The zero-order valence-electron chi connectivity index (χ0n) is 20.9. The summed E-state index contributed by atoms with van der Waals surface area (Å²) in [5.41, 5.74) is -0.132. The van der Waals surface area contributed by atoms with Gasteiger partial charge >= 0.3 is 6.09 Å². The van der Waals surface area contributed by atoms with E-state index in [9.17, 15) is 27.6 Å². The molecule has 2 unspecified atom stereocenters. The Hall–Kier alpha value is -3.21. The van der Waals surface area contributed by atoms with E-state index < -0.39 is 46.5 Å². The van der Waals surface area contributed by atoms with Crippen LogP contribution in [0.3, 0.4) is 0 Å². The van der Waals surface area contributed by atoms with Gasteiger partial charge in [-0.2, -0.15) is 0 Å². The van der Waals surface area contributed by atoms with E-state index in [1.54, 1.807) is 20.8 Å². The highest BCUT2D eigenvalue weighted by atomic mass is 32.2. The van der Waals surface area contributed by atoms with E-state index in [1.807, 2.05) is 30.3 Å². The fourth-order valence-electron chi connectivity index (χ4n) is 3.78. The molecule has 2 N–H and O–H groups in total. The molecular weight excluding hydrogens is 507 g/mol. The Balaban J connectivity index is 1.71. The van der Waals surface area contributed by atoms with E-state index in [0.29, 0.717) is 31.0 Å². The lowest BCUT2D eigenvalue weighted by Gasteiger charge is -2.27. The lowest BCUT2D eigenvalue weighted by Crippen LogP contribution is -2.48. The maximum Gasteiger partial charge on any atom is 0.407 e. The number of hydrogen-bond donors (Lipinski definition) is 2. The second-order valence-electron chi connectivity index (χ2n) is 9.62. The molecule has 3 rings (SSSR count). The fourth-order valence-corrected chi connectivity index (χ4v) is 4.94. The Morgan fingerprint density at radius 2 is 1.76 bits per heavy atom. The molecule has 0 aromatic heterocycles. The molecule has 200 valence electrons. The second kappa shape index (κ2) is 12.4. The Morgan fingerprint density at radius 1 is 1.08 bits per heavy atom. The van der Waals surface area contributed by atoms with Crippen LogP contribution in [0.5, 0.6) is 0 Å². The third kappa shape index (κ3) is 8.41. The van der Waals surface area contributed by atoms with Crippen molar-refractivity contribution in [3.05, 3.63) is 71.0 Å². The fraction of sp³-hybridized carbons (Fsp3) is 0.423. The first-order chi connectivity index (χ1) is 17.4. The van der Waals surface area contributed by atoms with E-state index in [2.05, 4.69) is 10.6 Å². The number of halogens is 3. The molecule has 1 fully saturated rings. The van der Waals surface area contributed by atoms with Crippen LogP contribution in [0.2, 0.25) is 0 Å². The molecule has 37 heavy (non-hydrogen) atoms. The third-order valence-electron chi connectivity index (χ3n) is 5.44. The van der Waals surface area contributed by atoms with Gasteiger partial charge in [0.15, 0.2) is 17.0 Å². The van der Waals surface area contributed by atoms with Crippen molar-refractivity contribution in [1.29, 1.82) is 0 Å². The predicted octanol–water partition coefficient (Wildman–Crippen LogP) is 4.15. The average molecular weight is 538 g/mol. The topological polar surface area (TPSA) is 87.7 Å². The minimum atomic E-state index is -1.34. The first-order valence-electron chi connectivity index (χ1n) is 11.8. The smallest absolute Gasteiger partial charge is 0.407 e. The number of rotatable bonds is 8. The molecule has 0 spiro atoms. The highest BCUT2D eigenvalue weighted by Gasteiger charge is 2.36. The minimum Gasteiger partial charge on any atom is -0.444 e. The highest BCUT2D eigenvalue weighted by Crippen LogP contribution is 2.26. The van der Waals surface area contributed by atoms with Crippen molar-refractivity contribution < 1.29 is 32.3 Å². The Bertz CT molecular complexity index is 1130. The molecule has 1 aliphatic rings. The van der Waals surface area contributed by atoms with Crippen molar-refractivity contribution >= 4 is 29.7 Å². The molecule has 1 heterocycles. The summed E-state index contributed by atoms with van der Waals surface area (Å²) in [6.07, 6.45) is -1.44. The maximum absolute atomic E-state index is 14.3. The van der Waals surface area contributed by atoms with Gasteiger partial charge < -0.3 is 20.3 Å². The molecule has 7 nitrogen and oxygen atoms in total. The average Bonchev–Trinajstić information content (AvgIpc) is 3.30. The molecule has 0 bridgehead atoms. The molecule has 11 heteroatoms. The summed E-state index contributed by atoms with van der Waals surface area (Å²) in [5, 5.41) is 4.59. The van der Waals surface area contributed by atoms with Crippen molar-refractivity contribution in [1.82, 2.24) is 15.5 Å². The van der Waals surface area contributed by atoms with Crippen molar-refractivity contribution in [3.8, 4) is 0 Å². The molecule has 1 saturated heterocycles. The number of ether oxygens (including phenoxy) is 1. The van der Waals surface area contributed by atoms with Crippen molar-refractivity contribution in [2.45, 2.75) is 57.2 Å². The number of nitrogens with zero attached hydrogens (tertiary/aromatic N) is 1. The van der Waals surface area contributed by atoms with E-state index in [4.69, 9.17) is 4.74 Å². The second-order valence-corrected chi connectivity index (χ2v) is 10.8. The quantitative estimate of drug-likeness (QED) is 0.494. The summed E-state index contributed by atoms with van der Waals surface area (Å²) >= 11 is 1.31. The van der Waals surface area contributed by atoms with Gasteiger partial charge in [0.05, 0.1) is 0 Å². The van der Waals surface area contributed by atoms with Crippen molar-refractivity contribution in [3.63, 3.8) is 0 Å². The zero-order chi connectivity index (χ0) is 27.2. The number of amides is 3. The van der Waals surface area contributed by atoms with E-state index in [0.717, 1.165) is 5.56 Å². The van der Waals surface area contributed by atoms with Gasteiger partial charge in [-0.1, -0.05) is 30.3 Å². The van der Waals surface area contributed by atoms with Crippen LogP contribution in [0.15, 0.2) is 42.5 Å². The monoisotopic (exact) mass is 537 g/mol. The number of carbonyl (C=O) groups excluding carboxylic acids is 3. The molecular formula is C26H30F3N3O4S. The lowest BCUT2D eigenvalue weighted by molar-refractivity contribution is -0.137. The first-order valence-corrected chi connectivity index (χ1v) is 12.8. The van der Waals surface area contributed by atoms with Gasteiger partial charge in [-0.25, -0.2) is 18.0 Å². The lowest BCUT2D eigenvalue weighted by atomic mass is 10.0. The summed E-state index contributed by atoms with van der Waals surface area (Å²) in [4.78, 5) is 39.8. The Kier molecular flexibility index (Phi) is 9.47. The predicted molar refractivity (Wildman–Crippen MR) is 134 cm³/mol. The van der Waals surface area contributed by atoms with Gasteiger partial charge in [-0.15, -0.1) is 11.8 Å². The van der Waals surface area contributed by atoms with Crippen LogP contribution in [-0.4, -0.2) is 52.1 Å². The number of hydrogen-bond acceptors (Lipinski definition) is 5. The van der Waals surface area contributed by atoms with Crippen LogP contribution < -0.4 is 10.6 Å². The standard InChI is InChI=1S/C26H30F3N3O4S/c1-26(2,3)36-25(35)31-18(11-17-12-20(28)21(29)14-19(17)27)13-22(33)32-9-10-37-24(32)23(34)30-15-16-7-5-4-6-8-16/h4-8,12,14,18,24H,9-11,13,15H2,1-3H3,(H,30,34)(H,31,35). The van der Waals surface area contributed by atoms with Crippen LogP contribution in [0.1, 0.15) is 38.3 Å². The SMILES string of the molecule is CC(C)(C)OC(=O)NC(CC(=O)N1CCSC1C(=O)NCc1ccccc1)Cc1cc(F)c(F)cc1F. The van der Waals surface area contributed by atoms with E-state index in [1.165, 1.54) is 16.7 Å². The number of benzene rings is 2. The molecule has 0 saturated carbocycles. The maximum atomic E-state index is 14.3. The summed E-state index contributed by atoms with van der Waals surface area (Å²) in [5.74, 6) is -3.83. The van der Waals surface area contributed by atoms with Gasteiger partial charge in [0.1, 0.15) is 11.4 Å². The van der Waals surface area contributed by atoms with Gasteiger partial charge in [0.2, 0.25) is 5.91 Å². The van der Waals surface area contributed by atoms with Crippen LogP contribution >= 0.6 is 11.8 Å². The summed E-state index contributed by atoms with van der Waals surface area (Å²) in [6, 6.07) is 9.44. The van der Waals surface area contributed by atoms with Crippen LogP contribution in [0, 0.1) is 17.5 Å². The molecule has 2 atom stereocenters. The molecule has 1 aliphatic heterocycles. The molecule has 0 aliphatic carbocycles. The molecule has 2 aromatic carbocycles. The van der Waals surface area contributed by atoms with Gasteiger partial charge in [-0.05, 0) is 44.4 Å². The summed E-state index contributed by atoms with van der Waals surface area (Å²) < 4.78 is 46.7. The summed E-state index contributed by atoms with van der Waals surface area (Å²) in [7, 11) is 0. The van der Waals surface area contributed by atoms with Gasteiger partial charge in [-0.3, -0.25) is 9.59 Å². The van der Waals surface area contributed by atoms with Crippen molar-refractivity contribution in [2.75, 3.05) is 12.3 Å².